The van der Waals surface area contributed by atoms with Crippen LogP contribution >= 0.6 is 0 Å². The minimum atomic E-state index is -2.57. The molecule has 0 fully saturated rings. The molecule has 0 aliphatic rings. The summed E-state index contributed by atoms with van der Waals surface area (Å²) in [5.74, 6) is -0.601. The van der Waals surface area contributed by atoms with E-state index in [-0.39, 0.29) is 5.56 Å². The Bertz CT molecular complexity index is 304. The van der Waals surface area contributed by atoms with Gasteiger partial charge in [0, 0.05) is 6.20 Å². The Morgan fingerprint density at radius 2 is 2.13 bits per heavy atom. The number of hydrogen-bond donors (Lipinski definition) is 1. The highest BCUT2D eigenvalue weighted by molar-refractivity contribution is 5.15. The molecule has 0 aliphatic heterocycles. The third-order valence-electron chi connectivity index (χ3n) is 1.95. The molecule has 1 heterocycles. The first-order chi connectivity index (χ1) is 7.15. The Hall–Kier alpha value is -1.10. The van der Waals surface area contributed by atoms with E-state index in [4.69, 9.17) is 0 Å². The summed E-state index contributed by atoms with van der Waals surface area (Å²) in [6.45, 7) is 2.34. The van der Waals surface area contributed by atoms with Gasteiger partial charge in [-0.2, -0.15) is 0 Å². The predicted octanol–water partition coefficient (Wildman–Crippen LogP) is 2.53. The number of nitrogens with zero attached hydrogens (tertiary/aromatic N) is 1. The Morgan fingerprint density at radius 1 is 1.40 bits per heavy atom. The molecule has 0 saturated carbocycles. The van der Waals surface area contributed by atoms with Crippen LogP contribution in [0.3, 0.4) is 0 Å². The van der Waals surface area contributed by atoms with E-state index >= 15 is 0 Å². The largest absolute Gasteiger partial charge is 0.305 e. The van der Waals surface area contributed by atoms with Crippen LogP contribution in [0.1, 0.15) is 24.9 Å². The molecule has 5 heteroatoms. The van der Waals surface area contributed by atoms with Crippen molar-refractivity contribution in [1.29, 1.82) is 0 Å². The second-order valence-electron chi connectivity index (χ2n) is 3.20. The van der Waals surface area contributed by atoms with Crippen LogP contribution in [0, 0.1) is 5.82 Å². The number of halogens is 3. The zero-order chi connectivity index (χ0) is 11.3. The number of pyridine rings is 1. The van der Waals surface area contributed by atoms with Crippen molar-refractivity contribution >= 4 is 0 Å². The zero-order valence-electron chi connectivity index (χ0n) is 8.38. The normalized spacial score (nSPS) is 13.1. The van der Waals surface area contributed by atoms with Crippen molar-refractivity contribution in [2.24, 2.45) is 0 Å². The van der Waals surface area contributed by atoms with Gasteiger partial charge in [0.15, 0.2) is 0 Å². The third-order valence-corrected chi connectivity index (χ3v) is 1.95. The number of rotatable bonds is 5. The van der Waals surface area contributed by atoms with Crippen LogP contribution in [0.25, 0.3) is 0 Å². The Kier molecular flexibility index (Phi) is 4.55. The summed E-state index contributed by atoms with van der Waals surface area (Å²) in [7, 11) is 0. The maximum atomic E-state index is 12.8. The van der Waals surface area contributed by atoms with Gasteiger partial charge >= 0.3 is 0 Å². The molecule has 0 aromatic carbocycles. The van der Waals surface area contributed by atoms with E-state index in [2.05, 4.69) is 10.3 Å². The van der Waals surface area contributed by atoms with Crippen LogP contribution in [0.4, 0.5) is 13.2 Å². The van der Waals surface area contributed by atoms with Gasteiger partial charge < -0.3 is 5.32 Å². The molecule has 1 atom stereocenters. The molecule has 0 radical (unpaired) electrons. The van der Waals surface area contributed by atoms with Gasteiger partial charge in [-0.05, 0) is 24.6 Å². The summed E-state index contributed by atoms with van der Waals surface area (Å²) < 4.78 is 38.0. The van der Waals surface area contributed by atoms with Gasteiger partial charge in [-0.15, -0.1) is 0 Å². The zero-order valence-corrected chi connectivity index (χ0v) is 8.38. The average molecular weight is 218 g/mol. The van der Waals surface area contributed by atoms with Crippen LogP contribution < -0.4 is 5.32 Å². The lowest BCUT2D eigenvalue weighted by Gasteiger charge is -2.17. The van der Waals surface area contributed by atoms with Crippen molar-refractivity contribution in [3.8, 4) is 0 Å². The Morgan fingerprint density at radius 3 is 2.67 bits per heavy atom. The van der Waals surface area contributed by atoms with Gasteiger partial charge in [-0.1, -0.05) is 6.92 Å². The smallest absolute Gasteiger partial charge is 0.257 e. The third kappa shape index (κ3) is 3.51. The molecular formula is C10H13F3N2. The summed E-state index contributed by atoms with van der Waals surface area (Å²) in [5.41, 5.74) is 0.179. The monoisotopic (exact) mass is 218 g/mol. The van der Waals surface area contributed by atoms with Crippen molar-refractivity contribution in [2.75, 3.05) is 6.54 Å². The second-order valence-corrected chi connectivity index (χ2v) is 3.20. The molecule has 84 valence electrons. The maximum Gasteiger partial charge on any atom is 0.257 e. The molecule has 1 unspecified atom stereocenters. The summed E-state index contributed by atoms with van der Waals surface area (Å²) >= 11 is 0. The van der Waals surface area contributed by atoms with Crippen LogP contribution in [0.5, 0.6) is 0 Å². The van der Waals surface area contributed by atoms with Gasteiger partial charge in [-0.3, -0.25) is 4.98 Å². The molecule has 0 saturated heterocycles. The molecule has 0 spiro atoms. The molecular weight excluding hydrogens is 205 g/mol. The number of hydrogen-bond acceptors (Lipinski definition) is 2. The molecule has 0 aliphatic carbocycles. The topological polar surface area (TPSA) is 24.9 Å². The maximum absolute atomic E-state index is 12.8. The van der Waals surface area contributed by atoms with E-state index in [9.17, 15) is 13.2 Å². The summed E-state index contributed by atoms with van der Waals surface area (Å²) in [6.07, 6.45) is 0.417. The van der Waals surface area contributed by atoms with Crippen LogP contribution in [0.2, 0.25) is 0 Å². The summed E-state index contributed by atoms with van der Waals surface area (Å²) in [5, 5.41) is 2.66. The van der Waals surface area contributed by atoms with E-state index in [1.807, 2.05) is 6.92 Å². The lowest BCUT2D eigenvalue weighted by Crippen LogP contribution is -2.28. The van der Waals surface area contributed by atoms with Gasteiger partial charge in [0.05, 0.1) is 12.2 Å². The molecule has 1 rings (SSSR count). The van der Waals surface area contributed by atoms with E-state index in [1.54, 1.807) is 0 Å². The number of nitrogens with one attached hydrogen (secondary N) is 1. The van der Waals surface area contributed by atoms with E-state index in [0.29, 0.717) is 6.54 Å². The lowest BCUT2D eigenvalue weighted by atomic mass is 10.1. The standard InChI is InChI=1S/C10H13F3N2/c1-2-3-15-9(10(12)13)7-4-8(11)6-14-5-7/h4-6,9-10,15H,2-3H2,1H3. The molecule has 0 bridgehead atoms. The highest BCUT2D eigenvalue weighted by Crippen LogP contribution is 2.20. The minimum Gasteiger partial charge on any atom is -0.305 e. The van der Waals surface area contributed by atoms with Crippen molar-refractivity contribution in [1.82, 2.24) is 10.3 Å². The quantitative estimate of drug-likeness (QED) is 0.821. The van der Waals surface area contributed by atoms with Crippen LogP contribution in [-0.2, 0) is 0 Å². The summed E-state index contributed by atoms with van der Waals surface area (Å²) in [6, 6.07) is -0.0694. The van der Waals surface area contributed by atoms with Gasteiger partial charge in [0.25, 0.3) is 6.43 Å². The fraction of sp³-hybridized carbons (Fsp3) is 0.500. The van der Waals surface area contributed by atoms with Crippen molar-refractivity contribution in [3.63, 3.8) is 0 Å². The SMILES string of the molecule is CCCNC(c1cncc(F)c1)C(F)F. The fourth-order valence-corrected chi connectivity index (χ4v) is 1.25. The first-order valence-electron chi connectivity index (χ1n) is 4.77. The summed E-state index contributed by atoms with van der Waals surface area (Å²) in [4.78, 5) is 3.55. The van der Waals surface area contributed by atoms with Gasteiger partial charge in [-0.25, -0.2) is 13.2 Å². The highest BCUT2D eigenvalue weighted by atomic mass is 19.3. The first-order valence-corrected chi connectivity index (χ1v) is 4.77. The number of alkyl halides is 2. The minimum absolute atomic E-state index is 0.179. The van der Waals surface area contributed by atoms with Gasteiger partial charge in [0.1, 0.15) is 5.82 Å². The van der Waals surface area contributed by atoms with Crippen molar-refractivity contribution in [3.05, 3.63) is 29.8 Å². The average Bonchev–Trinajstić information content (AvgIpc) is 2.18. The molecule has 1 N–H and O–H groups in total. The highest BCUT2D eigenvalue weighted by Gasteiger charge is 2.21. The Balaban J connectivity index is 2.79. The lowest BCUT2D eigenvalue weighted by molar-refractivity contribution is 0.0982. The first kappa shape index (κ1) is 12.0. The Labute approximate surface area is 86.5 Å². The second kappa shape index (κ2) is 5.70. The number of aromatic nitrogens is 1. The predicted molar refractivity (Wildman–Crippen MR) is 51.2 cm³/mol. The fourth-order valence-electron chi connectivity index (χ4n) is 1.25. The molecule has 1 aromatic rings. The molecule has 0 amide bonds. The van der Waals surface area contributed by atoms with Crippen molar-refractivity contribution in [2.45, 2.75) is 25.8 Å². The van der Waals surface area contributed by atoms with E-state index in [0.717, 1.165) is 18.7 Å². The molecule has 2 nitrogen and oxygen atoms in total. The molecule has 15 heavy (non-hydrogen) atoms. The van der Waals surface area contributed by atoms with E-state index in [1.165, 1.54) is 6.20 Å². The van der Waals surface area contributed by atoms with Crippen LogP contribution in [-0.4, -0.2) is 18.0 Å². The van der Waals surface area contributed by atoms with E-state index < -0.39 is 18.3 Å². The van der Waals surface area contributed by atoms with Crippen LogP contribution in [0.15, 0.2) is 18.5 Å². The molecule has 1 aromatic heterocycles. The van der Waals surface area contributed by atoms with Gasteiger partial charge in [0.2, 0.25) is 0 Å². The van der Waals surface area contributed by atoms with Crippen molar-refractivity contribution < 1.29 is 13.2 Å².